The van der Waals surface area contributed by atoms with Crippen LogP contribution >= 0.6 is 0 Å². The summed E-state index contributed by atoms with van der Waals surface area (Å²) in [5.74, 6) is -0.806. The molecule has 0 spiro atoms. The standard InChI is InChI=1S/C18H32O5/c1-7-15(8-12(2)3)17(20)22-11-23-18(21)16(9-13(4)5)10-14(6)19/h12-13,15-16H,7-11H2,1-6H3. The van der Waals surface area contributed by atoms with Gasteiger partial charge in [0.25, 0.3) is 0 Å². The van der Waals surface area contributed by atoms with E-state index in [0.29, 0.717) is 18.8 Å². The largest absolute Gasteiger partial charge is 0.428 e. The Morgan fingerprint density at radius 3 is 1.65 bits per heavy atom. The molecule has 0 aromatic rings. The first-order chi connectivity index (χ1) is 10.7. The Morgan fingerprint density at radius 2 is 1.26 bits per heavy atom. The fourth-order valence-electron chi connectivity index (χ4n) is 2.56. The van der Waals surface area contributed by atoms with Gasteiger partial charge >= 0.3 is 11.9 Å². The molecule has 2 atom stereocenters. The smallest absolute Gasteiger partial charge is 0.312 e. The Hall–Kier alpha value is -1.39. The summed E-state index contributed by atoms with van der Waals surface area (Å²) < 4.78 is 10.1. The van der Waals surface area contributed by atoms with Crippen LogP contribution in [0.1, 0.15) is 67.2 Å². The van der Waals surface area contributed by atoms with E-state index in [1.807, 2.05) is 34.6 Å². The molecule has 0 amide bonds. The summed E-state index contributed by atoms with van der Waals surface area (Å²) in [4.78, 5) is 35.3. The van der Waals surface area contributed by atoms with Gasteiger partial charge in [0, 0.05) is 6.42 Å². The van der Waals surface area contributed by atoms with E-state index in [1.54, 1.807) is 0 Å². The number of esters is 2. The number of hydrogen-bond donors (Lipinski definition) is 0. The fourth-order valence-corrected chi connectivity index (χ4v) is 2.56. The summed E-state index contributed by atoms with van der Waals surface area (Å²) in [6, 6.07) is 0. The van der Waals surface area contributed by atoms with Crippen LogP contribution in [0.2, 0.25) is 0 Å². The number of ketones is 1. The first kappa shape index (κ1) is 21.6. The summed E-state index contributed by atoms with van der Waals surface area (Å²) in [6.45, 7) is 11.1. The lowest BCUT2D eigenvalue weighted by atomic mass is 9.93. The molecule has 0 aliphatic rings. The molecule has 2 unspecified atom stereocenters. The van der Waals surface area contributed by atoms with Crippen molar-refractivity contribution in [3.63, 3.8) is 0 Å². The third-order valence-electron chi connectivity index (χ3n) is 3.61. The molecule has 0 N–H and O–H groups in total. The van der Waals surface area contributed by atoms with Gasteiger partial charge in [0.05, 0.1) is 11.8 Å². The van der Waals surface area contributed by atoms with Gasteiger partial charge < -0.3 is 14.3 Å². The van der Waals surface area contributed by atoms with Crippen molar-refractivity contribution in [1.29, 1.82) is 0 Å². The Labute approximate surface area is 140 Å². The highest BCUT2D eigenvalue weighted by atomic mass is 16.7. The second-order valence-corrected chi connectivity index (χ2v) is 7.01. The third-order valence-corrected chi connectivity index (χ3v) is 3.61. The quantitative estimate of drug-likeness (QED) is 0.427. The van der Waals surface area contributed by atoms with Crippen LogP contribution in [-0.2, 0) is 23.9 Å². The lowest BCUT2D eigenvalue weighted by molar-refractivity contribution is -0.174. The highest BCUT2D eigenvalue weighted by Crippen LogP contribution is 2.19. The second kappa shape index (κ2) is 11.2. The van der Waals surface area contributed by atoms with Crippen LogP contribution < -0.4 is 0 Å². The average Bonchev–Trinajstić information content (AvgIpc) is 2.42. The summed E-state index contributed by atoms with van der Waals surface area (Å²) in [7, 11) is 0. The van der Waals surface area contributed by atoms with Gasteiger partial charge in [0.15, 0.2) is 0 Å². The Bertz CT molecular complexity index is 387. The van der Waals surface area contributed by atoms with Crippen LogP contribution in [0.4, 0.5) is 0 Å². The highest BCUT2D eigenvalue weighted by molar-refractivity contribution is 5.82. The van der Waals surface area contributed by atoms with Crippen LogP contribution in [0, 0.1) is 23.7 Å². The maximum Gasteiger partial charge on any atom is 0.312 e. The summed E-state index contributed by atoms with van der Waals surface area (Å²) in [6.07, 6.45) is 2.20. The van der Waals surface area contributed by atoms with E-state index in [9.17, 15) is 14.4 Å². The van der Waals surface area contributed by atoms with Crippen molar-refractivity contribution >= 4 is 17.7 Å². The van der Waals surface area contributed by atoms with Gasteiger partial charge in [-0.05, 0) is 38.0 Å². The number of carbonyl (C=O) groups is 3. The molecule has 0 saturated carbocycles. The van der Waals surface area contributed by atoms with Gasteiger partial charge in [0.2, 0.25) is 6.79 Å². The van der Waals surface area contributed by atoms with Crippen LogP contribution in [0.15, 0.2) is 0 Å². The van der Waals surface area contributed by atoms with Gasteiger partial charge in [-0.1, -0.05) is 34.6 Å². The first-order valence-corrected chi connectivity index (χ1v) is 8.49. The van der Waals surface area contributed by atoms with E-state index in [4.69, 9.17) is 9.47 Å². The number of hydrogen-bond acceptors (Lipinski definition) is 5. The molecule has 23 heavy (non-hydrogen) atoms. The molecule has 0 aromatic carbocycles. The number of rotatable bonds is 11. The van der Waals surface area contributed by atoms with Gasteiger partial charge in [0.1, 0.15) is 5.78 Å². The normalized spacial score (nSPS) is 13.7. The molecule has 0 aromatic heterocycles. The molecule has 0 aliphatic heterocycles. The Kier molecular flexibility index (Phi) is 10.5. The van der Waals surface area contributed by atoms with E-state index in [-0.39, 0.29) is 36.8 Å². The predicted molar refractivity (Wildman–Crippen MR) is 88.5 cm³/mol. The molecule has 0 saturated heterocycles. The lowest BCUT2D eigenvalue weighted by Gasteiger charge is -2.18. The molecule has 0 aliphatic carbocycles. The van der Waals surface area contributed by atoms with Crippen LogP contribution in [0.3, 0.4) is 0 Å². The molecule has 0 bridgehead atoms. The maximum atomic E-state index is 12.0. The topological polar surface area (TPSA) is 69.7 Å². The van der Waals surface area contributed by atoms with Crippen molar-refractivity contribution < 1.29 is 23.9 Å². The number of ether oxygens (including phenoxy) is 2. The SMILES string of the molecule is CCC(CC(C)C)C(=O)OCOC(=O)C(CC(C)=O)CC(C)C. The van der Waals surface area contributed by atoms with Crippen molar-refractivity contribution in [3.8, 4) is 0 Å². The first-order valence-electron chi connectivity index (χ1n) is 8.49. The molecule has 0 radical (unpaired) electrons. The zero-order valence-corrected chi connectivity index (χ0v) is 15.4. The van der Waals surface area contributed by atoms with Crippen LogP contribution in [-0.4, -0.2) is 24.5 Å². The van der Waals surface area contributed by atoms with Gasteiger partial charge in [-0.3, -0.25) is 9.59 Å². The van der Waals surface area contributed by atoms with Crippen LogP contribution in [0.5, 0.6) is 0 Å². The van der Waals surface area contributed by atoms with Gasteiger partial charge in [-0.15, -0.1) is 0 Å². The van der Waals surface area contributed by atoms with Gasteiger partial charge in [-0.25, -0.2) is 0 Å². The molecule has 5 nitrogen and oxygen atoms in total. The van der Waals surface area contributed by atoms with E-state index in [0.717, 1.165) is 6.42 Å². The Balaban J connectivity index is 4.38. The number of carbonyl (C=O) groups excluding carboxylic acids is 3. The van der Waals surface area contributed by atoms with E-state index >= 15 is 0 Å². The predicted octanol–water partition coefficient (Wildman–Crippen LogP) is 3.74. The summed E-state index contributed by atoms with van der Waals surface area (Å²) in [5, 5.41) is 0. The van der Waals surface area contributed by atoms with E-state index in [2.05, 4.69) is 0 Å². The van der Waals surface area contributed by atoms with E-state index in [1.165, 1.54) is 6.92 Å². The average molecular weight is 328 g/mol. The maximum absolute atomic E-state index is 12.0. The fraction of sp³-hybridized carbons (Fsp3) is 0.833. The number of Topliss-reactive ketones (excluding diaryl/α,β-unsaturated/α-hetero) is 1. The van der Waals surface area contributed by atoms with Crippen molar-refractivity contribution in [2.24, 2.45) is 23.7 Å². The Morgan fingerprint density at radius 1 is 0.826 bits per heavy atom. The molecular weight excluding hydrogens is 296 g/mol. The van der Waals surface area contributed by atoms with Gasteiger partial charge in [-0.2, -0.15) is 0 Å². The van der Waals surface area contributed by atoms with Crippen molar-refractivity contribution in [3.05, 3.63) is 0 Å². The minimum absolute atomic E-state index is 0.0485. The minimum Gasteiger partial charge on any atom is -0.428 e. The zero-order valence-electron chi connectivity index (χ0n) is 15.4. The monoisotopic (exact) mass is 328 g/mol. The lowest BCUT2D eigenvalue weighted by Crippen LogP contribution is -2.25. The molecule has 0 heterocycles. The molecule has 0 rings (SSSR count). The highest BCUT2D eigenvalue weighted by Gasteiger charge is 2.24. The molecule has 134 valence electrons. The van der Waals surface area contributed by atoms with Crippen LogP contribution in [0.25, 0.3) is 0 Å². The minimum atomic E-state index is -0.474. The summed E-state index contributed by atoms with van der Waals surface area (Å²) in [5.41, 5.74) is 0. The van der Waals surface area contributed by atoms with E-state index < -0.39 is 11.9 Å². The second-order valence-electron chi connectivity index (χ2n) is 7.01. The van der Waals surface area contributed by atoms with Crippen molar-refractivity contribution in [2.75, 3.05) is 6.79 Å². The van der Waals surface area contributed by atoms with Crippen molar-refractivity contribution in [1.82, 2.24) is 0 Å². The molecule has 0 fully saturated rings. The zero-order chi connectivity index (χ0) is 18.0. The molecular formula is C18H32O5. The third kappa shape index (κ3) is 10.1. The van der Waals surface area contributed by atoms with Crippen molar-refractivity contribution in [2.45, 2.75) is 67.2 Å². The molecule has 5 heteroatoms. The summed E-state index contributed by atoms with van der Waals surface area (Å²) >= 11 is 0.